The predicted molar refractivity (Wildman–Crippen MR) is 73.2 cm³/mol. The van der Waals surface area contributed by atoms with Gasteiger partial charge >= 0.3 is 0 Å². The van der Waals surface area contributed by atoms with E-state index in [2.05, 4.69) is 0 Å². The van der Waals surface area contributed by atoms with Crippen molar-refractivity contribution in [3.05, 3.63) is 35.4 Å². The van der Waals surface area contributed by atoms with E-state index in [4.69, 9.17) is 4.55 Å². The Morgan fingerprint density at radius 2 is 1.53 bits per heavy atom. The molecule has 1 N–H and O–H groups in total. The van der Waals surface area contributed by atoms with E-state index in [1.807, 2.05) is 0 Å². The minimum atomic E-state index is -0.166. The van der Waals surface area contributed by atoms with Crippen LogP contribution in [0.3, 0.4) is 0 Å². The highest BCUT2D eigenvalue weighted by Gasteiger charge is 2.40. The minimum absolute atomic E-state index is 0.0178. The second-order valence-electron chi connectivity index (χ2n) is 5.06. The first-order chi connectivity index (χ1) is 9.22. The zero-order valence-corrected chi connectivity index (χ0v) is 11.2. The molecule has 0 unspecified atom stereocenters. The maximum Gasteiger partial charge on any atom is 0.261 e. The molecule has 1 aromatic carbocycles. The van der Waals surface area contributed by atoms with Crippen LogP contribution in [0.5, 0.6) is 0 Å². The maximum atomic E-state index is 12.3. The van der Waals surface area contributed by atoms with Gasteiger partial charge in [0.1, 0.15) is 0 Å². The number of carbonyl (C=O) groups is 2. The van der Waals surface area contributed by atoms with E-state index in [0.29, 0.717) is 11.1 Å². The molecule has 0 bridgehead atoms. The van der Waals surface area contributed by atoms with Gasteiger partial charge in [-0.2, -0.15) is 0 Å². The summed E-state index contributed by atoms with van der Waals surface area (Å²) in [6, 6.07) is 6.98. The molecule has 5 heteroatoms. The van der Waals surface area contributed by atoms with Crippen LogP contribution in [0, 0.1) is 0 Å². The number of imide groups is 1. The molecular formula is C14H15NO3S. The van der Waals surface area contributed by atoms with Crippen molar-refractivity contribution in [3.8, 4) is 0 Å². The molecule has 1 fully saturated rings. The van der Waals surface area contributed by atoms with Crippen LogP contribution >= 0.6 is 12.0 Å². The molecule has 100 valence electrons. The lowest BCUT2D eigenvalue weighted by Gasteiger charge is -2.32. The standard InChI is InChI=1S/C14H15NO3S/c16-13-11-3-1-2-4-12(11)14(17)15(13)9-5-7-10(19-18)8-6-9/h1-4,9-10,18H,5-8H2. The van der Waals surface area contributed by atoms with E-state index in [1.54, 1.807) is 24.3 Å². The monoisotopic (exact) mass is 277 g/mol. The van der Waals surface area contributed by atoms with Gasteiger partial charge in [0.05, 0.1) is 11.1 Å². The Labute approximate surface area is 116 Å². The molecule has 0 atom stereocenters. The van der Waals surface area contributed by atoms with E-state index >= 15 is 0 Å². The fourth-order valence-electron chi connectivity index (χ4n) is 2.95. The quantitative estimate of drug-likeness (QED) is 0.667. The van der Waals surface area contributed by atoms with Gasteiger partial charge in [-0.15, -0.1) is 0 Å². The zero-order chi connectivity index (χ0) is 13.4. The number of hydrogen-bond acceptors (Lipinski definition) is 4. The van der Waals surface area contributed by atoms with Crippen LogP contribution in [0.4, 0.5) is 0 Å². The van der Waals surface area contributed by atoms with Gasteiger partial charge in [-0.3, -0.25) is 14.5 Å². The lowest BCUT2D eigenvalue weighted by molar-refractivity contribution is 0.0550. The first kappa shape index (κ1) is 12.7. The van der Waals surface area contributed by atoms with Crippen molar-refractivity contribution in [2.45, 2.75) is 37.0 Å². The van der Waals surface area contributed by atoms with Gasteiger partial charge in [0, 0.05) is 11.3 Å². The second-order valence-corrected chi connectivity index (χ2v) is 5.94. The Morgan fingerprint density at radius 3 is 2.00 bits per heavy atom. The third kappa shape index (κ3) is 2.07. The molecule has 1 heterocycles. The molecule has 2 amide bonds. The number of fused-ring (bicyclic) bond motifs is 1. The molecule has 2 aliphatic rings. The Bertz CT molecular complexity index is 488. The minimum Gasteiger partial charge on any atom is -0.330 e. The van der Waals surface area contributed by atoms with Crippen molar-refractivity contribution in [2.24, 2.45) is 0 Å². The highest BCUT2D eigenvalue weighted by atomic mass is 32.2. The summed E-state index contributed by atoms with van der Waals surface area (Å²) < 4.78 is 9.06. The van der Waals surface area contributed by atoms with Crippen molar-refractivity contribution in [3.63, 3.8) is 0 Å². The Kier molecular flexibility index (Phi) is 3.33. The van der Waals surface area contributed by atoms with Gasteiger partial charge in [-0.25, -0.2) is 0 Å². The van der Waals surface area contributed by atoms with Gasteiger partial charge < -0.3 is 4.55 Å². The number of hydrogen-bond donors (Lipinski definition) is 1. The number of carbonyl (C=O) groups excluding carboxylic acids is 2. The Balaban J connectivity index is 1.81. The summed E-state index contributed by atoms with van der Waals surface area (Å²) >= 11 is 0.891. The molecule has 1 aliphatic carbocycles. The smallest absolute Gasteiger partial charge is 0.261 e. The number of benzene rings is 1. The van der Waals surface area contributed by atoms with Crippen LogP contribution in [0.15, 0.2) is 24.3 Å². The summed E-state index contributed by atoms with van der Waals surface area (Å²) in [7, 11) is 0. The fraction of sp³-hybridized carbons (Fsp3) is 0.429. The first-order valence-corrected chi connectivity index (χ1v) is 7.33. The third-order valence-electron chi connectivity index (χ3n) is 3.98. The SMILES string of the molecule is O=C1c2ccccc2C(=O)N1C1CCC(SO)CC1. The largest absolute Gasteiger partial charge is 0.330 e. The first-order valence-electron chi connectivity index (χ1n) is 6.49. The van der Waals surface area contributed by atoms with Gasteiger partial charge in [0.25, 0.3) is 11.8 Å². The predicted octanol–water partition coefficient (Wildman–Crippen LogP) is 2.80. The Hall–Kier alpha value is -1.33. The summed E-state index contributed by atoms with van der Waals surface area (Å²) in [4.78, 5) is 26.0. The highest BCUT2D eigenvalue weighted by molar-refractivity contribution is 7.94. The molecule has 0 radical (unpaired) electrons. The summed E-state index contributed by atoms with van der Waals surface area (Å²) in [5.41, 5.74) is 1.04. The fourth-order valence-corrected chi connectivity index (χ4v) is 3.43. The lowest BCUT2D eigenvalue weighted by Crippen LogP contribution is -2.42. The number of rotatable bonds is 2. The normalized spacial score (nSPS) is 26.7. The molecule has 19 heavy (non-hydrogen) atoms. The van der Waals surface area contributed by atoms with E-state index in [-0.39, 0.29) is 23.1 Å². The molecule has 0 saturated heterocycles. The van der Waals surface area contributed by atoms with Crippen molar-refractivity contribution < 1.29 is 14.1 Å². The average molecular weight is 277 g/mol. The molecule has 1 aromatic rings. The van der Waals surface area contributed by atoms with Crippen LogP contribution in [0.2, 0.25) is 0 Å². The Morgan fingerprint density at radius 1 is 1.00 bits per heavy atom. The average Bonchev–Trinajstić information content (AvgIpc) is 2.72. The van der Waals surface area contributed by atoms with Gasteiger partial charge in [-0.05, 0) is 49.9 Å². The summed E-state index contributed by atoms with van der Waals surface area (Å²) in [5, 5.41) is 0.242. The number of nitrogens with zero attached hydrogens (tertiary/aromatic N) is 1. The molecule has 0 spiro atoms. The van der Waals surface area contributed by atoms with E-state index < -0.39 is 0 Å². The summed E-state index contributed by atoms with van der Waals surface area (Å²) in [6.45, 7) is 0. The highest BCUT2D eigenvalue weighted by Crippen LogP contribution is 2.33. The van der Waals surface area contributed by atoms with Crippen molar-refractivity contribution >= 4 is 23.9 Å². The lowest BCUT2D eigenvalue weighted by atomic mass is 9.94. The van der Waals surface area contributed by atoms with Crippen molar-refractivity contribution in [1.29, 1.82) is 0 Å². The van der Waals surface area contributed by atoms with E-state index in [0.717, 1.165) is 37.7 Å². The van der Waals surface area contributed by atoms with Crippen LogP contribution in [-0.4, -0.2) is 32.6 Å². The zero-order valence-electron chi connectivity index (χ0n) is 10.4. The molecule has 1 saturated carbocycles. The van der Waals surface area contributed by atoms with E-state index in [9.17, 15) is 9.59 Å². The molecule has 0 aromatic heterocycles. The topological polar surface area (TPSA) is 57.6 Å². The second kappa shape index (κ2) is 4.98. The molecule has 4 nitrogen and oxygen atoms in total. The molecule has 1 aliphatic heterocycles. The van der Waals surface area contributed by atoms with Crippen molar-refractivity contribution in [1.82, 2.24) is 4.90 Å². The van der Waals surface area contributed by atoms with Crippen molar-refractivity contribution in [2.75, 3.05) is 0 Å². The van der Waals surface area contributed by atoms with E-state index in [1.165, 1.54) is 4.90 Å². The van der Waals surface area contributed by atoms with Gasteiger partial charge in [0.2, 0.25) is 0 Å². The van der Waals surface area contributed by atoms with Gasteiger partial charge in [0.15, 0.2) is 0 Å². The maximum absolute atomic E-state index is 12.3. The van der Waals surface area contributed by atoms with Crippen LogP contribution in [0.1, 0.15) is 46.4 Å². The molecule has 3 rings (SSSR count). The van der Waals surface area contributed by atoms with Crippen LogP contribution < -0.4 is 0 Å². The number of amides is 2. The summed E-state index contributed by atoms with van der Waals surface area (Å²) in [6.07, 6.45) is 3.26. The van der Waals surface area contributed by atoms with Gasteiger partial charge in [-0.1, -0.05) is 12.1 Å². The van der Waals surface area contributed by atoms with Crippen LogP contribution in [0.25, 0.3) is 0 Å². The summed E-state index contributed by atoms with van der Waals surface area (Å²) in [5.74, 6) is -0.332. The molecular weight excluding hydrogens is 262 g/mol. The third-order valence-corrected chi connectivity index (χ3v) is 4.75. The van der Waals surface area contributed by atoms with Crippen LogP contribution in [-0.2, 0) is 0 Å².